The Balaban J connectivity index is 1.68. The van der Waals surface area contributed by atoms with E-state index in [0.29, 0.717) is 28.5 Å². The largest absolute Gasteiger partial charge is 0.491 e. The minimum absolute atomic E-state index is 0.370. The molecule has 0 saturated heterocycles. The second kappa shape index (κ2) is 5.77. The van der Waals surface area contributed by atoms with E-state index in [1.54, 1.807) is 36.4 Å². The summed E-state index contributed by atoms with van der Waals surface area (Å²) in [7, 11) is -0.930. The van der Waals surface area contributed by atoms with Gasteiger partial charge in [-0.1, -0.05) is 17.7 Å². The average Bonchev–Trinajstić information content (AvgIpc) is 2.83. The normalized spacial score (nSPS) is 13.0. The third-order valence-electron chi connectivity index (χ3n) is 3.17. The van der Waals surface area contributed by atoms with Crippen LogP contribution in [0.3, 0.4) is 0 Å². The zero-order chi connectivity index (χ0) is 14.8. The van der Waals surface area contributed by atoms with Crippen LogP contribution in [-0.4, -0.2) is 18.2 Å². The number of carbonyl (C=O) groups is 1. The lowest BCUT2D eigenvalue weighted by molar-refractivity contribution is 0.262. The number of hydrogen-bond donors (Lipinski definition) is 3. The molecule has 0 aromatic heterocycles. The summed E-state index contributed by atoms with van der Waals surface area (Å²) in [5.41, 5.74) is 2.83. The zero-order valence-corrected chi connectivity index (χ0v) is 11.7. The molecule has 2 aromatic carbocycles. The number of nitrogens with one attached hydrogen (secondary N) is 2. The van der Waals surface area contributed by atoms with E-state index < -0.39 is 7.12 Å². The van der Waals surface area contributed by atoms with Crippen LogP contribution in [0.5, 0.6) is 0 Å². The molecule has 0 fully saturated rings. The van der Waals surface area contributed by atoms with Crippen LogP contribution in [0.1, 0.15) is 5.56 Å². The molecule has 2 aromatic rings. The van der Waals surface area contributed by atoms with Crippen molar-refractivity contribution in [2.75, 3.05) is 10.6 Å². The highest BCUT2D eigenvalue weighted by atomic mass is 35.5. The Labute approximate surface area is 127 Å². The van der Waals surface area contributed by atoms with E-state index in [2.05, 4.69) is 10.6 Å². The van der Waals surface area contributed by atoms with Gasteiger partial charge in [-0.3, -0.25) is 0 Å². The van der Waals surface area contributed by atoms with Crippen molar-refractivity contribution in [3.63, 3.8) is 0 Å². The summed E-state index contributed by atoms with van der Waals surface area (Å²) in [5.74, 6) is 0. The Kier molecular flexibility index (Phi) is 3.83. The van der Waals surface area contributed by atoms with Gasteiger partial charge in [0.2, 0.25) is 0 Å². The van der Waals surface area contributed by atoms with Crippen LogP contribution in [0.15, 0.2) is 42.5 Å². The first-order valence-corrected chi connectivity index (χ1v) is 6.76. The van der Waals surface area contributed by atoms with Gasteiger partial charge >= 0.3 is 13.1 Å². The fourth-order valence-electron chi connectivity index (χ4n) is 2.12. The highest BCUT2D eigenvalue weighted by molar-refractivity contribution is 6.61. The molecular weight excluding hydrogens is 290 g/mol. The SMILES string of the molecule is O=C(Nc1ccc(Cl)cc1)Nc1ccc2c(c1)B(O)OC2. The fourth-order valence-corrected chi connectivity index (χ4v) is 2.25. The van der Waals surface area contributed by atoms with E-state index in [4.69, 9.17) is 16.3 Å². The number of urea groups is 1. The maximum atomic E-state index is 11.9. The molecule has 0 atom stereocenters. The van der Waals surface area contributed by atoms with Gasteiger partial charge in [0.05, 0.1) is 6.61 Å². The van der Waals surface area contributed by atoms with E-state index >= 15 is 0 Å². The minimum Gasteiger partial charge on any atom is -0.423 e. The number of carbonyl (C=O) groups excluding carboxylic acids is 1. The third kappa shape index (κ3) is 3.18. The van der Waals surface area contributed by atoms with E-state index in [1.165, 1.54) is 0 Å². The summed E-state index contributed by atoms with van der Waals surface area (Å²) in [6.07, 6.45) is 0. The lowest BCUT2D eigenvalue weighted by Crippen LogP contribution is -2.29. The van der Waals surface area contributed by atoms with Gasteiger partial charge in [-0.25, -0.2) is 4.79 Å². The number of fused-ring (bicyclic) bond motifs is 1. The first-order chi connectivity index (χ1) is 10.1. The van der Waals surface area contributed by atoms with Gasteiger partial charge in [0.15, 0.2) is 0 Å². The third-order valence-corrected chi connectivity index (χ3v) is 3.42. The summed E-state index contributed by atoms with van der Waals surface area (Å²) >= 11 is 5.78. The molecule has 0 bridgehead atoms. The molecule has 0 aliphatic carbocycles. The minimum atomic E-state index is -0.930. The number of anilines is 2. The predicted octanol–water partition coefficient (Wildman–Crippen LogP) is 2.20. The number of amides is 2. The van der Waals surface area contributed by atoms with Gasteiger partial charge in [0, 0.05) is 16.4 Å². The maximum Gasteiger partial charge on any atom is 0.491 e. The van der Waals surface area contributed by atoms with Crippen molar-refractivity contribution in [1.29, 1.82) is 0 Å². The molecule has 5 nitrogen and oxygen atoms in total. The van der Waals surface area contributed by atoms with Crippen LogP contribution < -0.4 is 16.1 Å². The molecule has 0 unspecified atom stereocenters. The fraction of sp³-hybridized carbons (Fsp3) is 0.0714. The Bertz CT molecular complexity index is 678. The van der Waals surface area contributed by atoms with Crippen molar-refractivity contribution in [2.45, 2.75) is 6.61 Å². The van der Waals surface area contributed by atoms with Crippen LogP contribution in [0.2, 0.25) is 5.02 Å². The smallest absolute Gasteiger partial charge is 0.423 e. The Morgan fingerprint density at radius 2 is 1.81 bits per heavy atom. The molecule has 1 aliphatic heterocycles. The summed E-state index contributed by atoms with van der Waals surface area (Å²) in [4.78, 5) is 11.9. The summed E-state index contributed by atoms with van der Waals surface area (Å²) < 4.78 is 5.10. The van der Waals surface area contributed by atoms with E-state index in [1.807, 2.05) is 6.07 Å². The molecule has 1 aliphatic rings. The molecule has 1 heterocycles. The van der Waals surface area contributed by atoms with Crippen LogP contribution in [-0.2, 0) is 11.3 Å². The summed E-state index contributed by atoms with van der Waals surface area (Å²) in [5, 5.41) is 15.6. The zero-order valence-electron chi connectivity index (χ0n) is 11.0. The molecule has 2 amide bonds. The molecule has 3 rings (SSSR count). The average molecular weight is 303 g/mol. The van der Waals surface area contributed by atoms with Gasteiger partial charge in [-0.05, 0) is 47.4 Å². The van der Waals surface area contributed by atoms with E-state index in [-0.39, 0.29) is 6.03 Å². The molecule has 0 spiro atoms. The Hall–Kier alpha value is -2.02. The lowest BCUT2D eigenvalue weighted by Gasteiger charge is -2.09. The van der Waals surface area contributed by atoms with Crippen molar-refractivity contribution in [3.8, 4) is 0 Å². The highest BCUT2D eigenvalue weighted by Crippen LogP contribution is 2.16. The number of hydrogen-bond acceptors (Lipinski definition) is 3. The molecule has 7 heteroatoms. The van der Waals surface area contributed by atoms with Crippen molar-refractivity contribution >= 4 is 41.6 Å². The second-order valence-electron chi connectivity index (χ2n) is 4.66. The first-order valence-electron chi connectivity index (χ1n) is 6.38. The van der Waals surface area contributed by atoms with Crippen LogP contribution in [0.4, 0.5) is 16.2 Å². The van der Waals surface area contributed by atoms with E-state index in [9.17, 15) is 9.82 Å². The van der Waals surface area contributed by atoms with E-state index in [0.717, 1.165) is 5.56 Å². The van der Waals surface area contributed by atoms with Crippen molar-refractivity contribution < 1.29 is 14.5 Å². The standard InChI is InChI=1S/C14H12BClN2O3/c16-10-2-5-11(6-3-10)17-14(19)18-12-4-1-9-8-21-15(20)13(9)7-12/h1-7,20H,8H2,(H2,17,18,19). The lowest BCUT2D eigenvalue weighted by atomic mass is 9.79. The van der Waals surface area contributed by atoms with Crippen molar-refractivity contribution in [3.05, 3.63) is 53.1 Å². The number of benzene rings is 2. The second-order valence-corrected chi connectivity index (χ2v) is 5.10. The van der Waals surface area contributed by atoms with Gasteiger partial charge < -0.3 is 20.3 Å². The molecule has 0 saturated carbocycles. The number of halogens is 1. The molecule has 21 heavy (non-hydrogen) atoms. The van der Waals surface area contributed by atoms with Crippen LogP contribution in [0, 0.1) is 0 Å². The van der Waals surface area contributed by atoms with Crippen molar-refractivity contribution in [1.82, 2.24) is 0 Å². The first kappa shape index (κ1) is 13.9. The monoisotopic (exact) mass is 302 g/mol. The Morgan fingerprint density at radius 3 is 2.57 bits per heavy atom. The quantitative estimate of drug-likeness (QED) is 0.745. The van der Waals surface area contributed by atoms with Gasteiger partial charge in [0.1, 0.15) is 0 Å². The van der Waals surface area contributed by atoms with Crippen molar-refractivity contribution in [2.24, 2.45) is 0 Å². The van der Waals surface area contributed by atoms with Crippen LogP contribution >= 0.6 is 11.6 Å². The van der Waals surface area contributed by atoms with Gasteiger partial charge in [0.25, 0.3) is 0 Å². The predicted molar refractivity (Wildman–Crippen MR) is 82.9 cm³/mol. The van der Waals surface area contributed by atoms with Gasteiger partial charge in [-0.2, -0.15) is 0 Å². The summed E-state index contributed by atoms with van der Waals surface area (Å²) in [6, 6.07) is 11.7. The highest BCUT2D eigenvalue weighted by Gasteiger charge is 2.27. The summed E-state index contributed by atoms with van der Waals surface area (Å²) in [6.45, 7) is 0.383. The molecular formula is C14H12BClN2O3. The van der Waals surface area contributed by atoms with Gasteiger partial charge in [-0.15, -0.1) is 0 Å². The van der Waals surface area contributed by atoms with Crippen LogP contribution in [0.25, 0.3) is 0 Å². The maximum absolute atomic E-state index is 11.9. The number of rotatable bonds is 2. The topological polar surface area (TPSA) is 70.6 Å². The molecule has 0 radical (unpaired) electrons. The Morgan fingerprint density at radius 1 is 1.14 bits per heavy atom. The molecule has 106 valence electrons. The molecule has 3 N–H and O–H groups in total.